The number of rotatable bonds is 5. The van der Waals surface area contributed by atoms with Gasteiger partial charge in [0.05, 0.1) is 23.9 Å². The number of methoxy groups -OCH3 is 1. The quantitative estimate of drug-likeness (QED) is 0.577. The number of nitrogens with one attached hydrogen (secondary N) is 2. The van der Waals surface area contributed by atoms with Gasteiger partial charge in [-0.05, 0) is 30.5 Å². The van der Waals surface area contributed by atoms with Gasteiger partial charge in [-0.1, -0.05) is 24.3 Å². The minimum absolute atomic E-state index is 0.109. The van der Waals surface area contributed by atoms with Crippen molar-refractivity contribution in [2.75, 3.05) is 25.6 Å². The lowest BCUT2D eigenvalue weighted by Crippen LogP contribution is -2.70. The van der Waals surface area contributed by atoms with E-state index in [2.05, 4.69) is 44.6 Å². The minimum Gasteiger partial charge on any atom is -0.507 e. The molecule has 3 aliphatic rings. The Bertz CT molecular complexity index is 1030. The molecular weight excluding hydrogens is 400 g/mol. The summed E-state index contributed by atoms with van der Waals surface area (Å²) in [6.07, 6.45) is 5.94. The Kier molecular flexibility index (Phi) is 4.76. The van der Waals surface area contributed by atoms with Gasteiger partial charge in [-0.3, -0.25) is 5.10 Å². The van der Waals surface area contributed by atoms with Crippen LogP contribution in [0.5, 0.6) is 5.75 Å². The minimum atomic E-state index is 0.109. The number of phenolic OH excluding ortho intramolecular Hbond substituents is 1. The fraction of sp³-hybridized carbons (Fsp3) is 0.476. The number of piperidine rings is 2. The molecule has 2 aromatic heterocycles. The maximum absolute atomic E-state index is 10.6. The smallest absolute Gasteiger partial charge is 0.208 e. The number of benzene rings is 1. The van der Waals surface area contributed by atoms with Crippen molar-refractivity contribution in [1.82, 2.24) is 25.7 Å². The van der Waals surface area contributed by atoms with E-state index in [-0.39, 0.29) is 23.3 Å². The summed E-state index contributed by atoms with van der Waals surface area (Å²) in [7, 11) is 3.87. The third kappa shape index (κ3) is 3.08. The number of anilines is 1. The number of aromatic hydroxyl groups is 1. The van der Waals surface area contributed by atoms with Gasteiger partial charge >= 0.3 is 0 Å². The number of hydrogen-bond acceptors (Lipinski definition) is 8. The fourth-order valence-electron chi connectivity index (χ4n) is 5.06. The summed E-state index contributed by atoms with van der Waals surface area (Å²) in [5.74, 6) is 0.182. The summed E-state index contributed by atoms with van der Waals surface area (Å²) < 4.78 is 5.91. The highest BCUT2D eigenvalue weighted by molar-refractivity contribution is 7.18. The van der Waals surface area contributed by atoms with Crippen LogP contribution in [0.3, 0.4) is 0 Å². The average molecular weight is 427 g/mol. The first-order valence-electron chi connectivity index (χ1n) is 10.2. The molecule has 1 saturated carbocycles. The Morgan fingerprint density at radius 3 is 2.83 bits per heavy atom. The molecule has 3 fully saturated rings. The van der Waals surface area contributed by atoms with Crippen LogP contribution in [0, 0.1) is 5.41 Å². The van der Waals surface area contributed by atoms with Gasteiger partial charge in [-0.2, -0.15) is 5.10 Å². The molecule has 0 amide bonds. The molecule has 1 aromatic carbocycles. The van der Waals surface area contributed by atoms with Crippen LogP contribution in [0.1, 0.15) is 19.8 Å². The van der Waals surface area contributed by atoms with E-state index in [9.17, 15) is 5.11 Å². The molecule has 2 saturated heterocycles. The zero-order chi connectivity index (χ0) is 20.9. The fourth-order valence-corrected chi connectivity index (χ4v) is 5.93. The molecule has 3 aromatic rings. The summed E-state index contributed by atoms with van der Waals surface area (Å²) >= 11 is 1.49. The molecule has 0 radical (unpaired) electrons. The number of nitrogens with zero attached hydrogens (tertiary/aromatic N) is 4. The summed E-state index contributed by atoms with van der Waals surface area (Å²) in [5.41, 5.74) is 2.62. The lowest BCUT2D eigenvalue weighted by Gasteiger charge is -2.57. The van der Waals surface area contributed by atoms with Crippen molar-refractivity contribution in [3.63, 3.8) is 0 Å². The van der Waals surface area contributed by atoms with E-state index >= 15 is 0 Å². The molecule has 4 heterocycles. The van der Waals surface area contributed by atoms with E-state index in [1.165, 1.54) is 17.8 Å². The highest BCUT2D eigenvalue weighted by Gasteiger charge is 2.53. The molecular formula is C21H26N6O2S. The molecule has 2 unspecified atom stereocenters. The van der Waals surface area contributed by atoms with E-state index in [1.807, 2.05) is 12.1 Å². The first-order valence-corrected chi connectivity index (χ1v) is 11.0. The predicted molar refractivity (Wildman–Crippen MR) is 117 cm³/mol. The lowest BCUT2D eigenvalue weighted by atomic mass is 9.64. The molecule has 3 N–H and O–H groups in total. The lowest BCUT2D eigenvalue weighted by molar-refractivity contribution is -0.0607. The summed E-state index contributed by atoms with van der Waals surface area (Å²) in [6.45, 7) is 3.30. The van der Waals surface area contributed by atoms with Crippen molar-refractivity contribution < 1.29 is 9.84 Å². The number of fused-ring (bicyclic) bond motifs is 3. The molecule has 4 atom stereocenters. The Morgan fingerprint density at radius 1 is 1.30 bits per heavy atom. The Morgan fingerprint density at radius 2 is 2.17 bits per heavy atom. The third-order valence-corrected chi connectivity index (χ3v) is 7.73. The van der Waals surface area contributed by atoms with Crippen LogP contribution in [0.25, 0.3) is 21.7 Å². The van der Waals surface area contributed by atoms with Gasteiger partial charge in [0.25, 0.3) is 0 Å². The average Bonchev–Trinajstić information content (AvgIpc) is 3.45. The molecule has 6 rings (SSSR count). The monoisotopic (exact) mass is 426 g/mol. The summed E-state index contributed by atoms with van der Waals surface area (Å²) in [4.78, 5) is 2.22. The molecule has 2 bridgehead atoms. The number of hydrogen-bond donors (Lipinski definition) is 3. The standard InChI is InChI=1S/C21H26N6O2S/c1-21-7-6-15(22-11-21)17(29-3)18(21)27(2)20-26-25-19(30-20)14-5-4-12(8-16(14)28)13-9-23-24-10-13/h4-5,8-10,15,17-18,22,28H,6-7,11H2,1-3H3,(H,23,24)/t15?,17?,18-,21+/m0/s1. The highest BCUT2D eigenvalue weighted by atomic mass is 32.1. The van der Waals surface area contributed by atoms with Crippen molar-refractivity contribution in [2.24, 2.45) is 5.41 Å². The van der Waals surface area contributed by atoms with Crippen LogP contribution < -0.4 is 10.2 Å². The van der Waals surface area contributed by atoms with Gasteiger partial charge in [-0.25, -0.2) is 0 Å². The van der Waals surface area contributed by atoms with Crippen LogP contribution in [0.15, 0.2) is 30.6 Å². The normalized spacial score (nSPS) is 28.0. The molecule has 9 heteroatoms. The van der Waals surface area contributed by atoms with Gasteiger partial charge in [-0.15, -0.1) is 10.2 Å². The highest BCUT2D eigenvalue weighted by Crippen LogP contribution is 2.46. The van der Waals surface area contributed by atoms with Gasteiger partial charge in [0, 0.05) is 43.9 Å². The van der Waals surface area contributed by atoms with Gasteiger partial charge in [0.15, 0.2) is 5.01 Å². The molecule has 0 spiro atoms. The van der Waals surface area contributed by atoms with E-state index < -0.39 is 0 Å². The summed E-state index contributed by atoms with van der Waals surface area (Å²) in [6, 6.07) is 6.17. The predicted octanol–water partition coefficient (Wildman–Crippen LogP) is 2.89. The first-order chi connectivity index (χ1) is 14.5. The number of phenols is 1. The van der Waals surface area contributed by atoms with Crippen molar-refractivity contribution in [1.29, 1.82) is 0 Å². The molecule has 158 valence electrons. The number of aromatic amines is 1. The topological polar surface area (TPSA) is 99.2 Å². The van der Waals surface area contributed by atoms with Crippen LogP contribution in [-0.2, 0) is 4.74 Å². The molecule has 8 nitrogen and oxygen atoms in total. The first kappa shape index (κ1) is 19.5. The number of H-pyrrole nitrogens is 1. The second-order valence-corrected chi connectivity index (χ2v) is 9.50. The Balaban J connectivity index is 1.43. The Hall–Kier alpha value is -2.49. The van der Waals surface area contributed by atoms with Gasteiger partial charge in [0.1, 0.15) is 5.75 Å². The Labute approximate surface area is 179 Å². The van der Waals surface area contributed by atoms with E-state index in [4.69, 9.17) is 4.74 Å². The molecule has 2 aliphatic heterocycles. The maximum Gasteiger partial charge on any atom is 0.208 e. The number of aromatic nitrogens is 4. The van der Waals surface area contributed by atoms with Gasteiger partial charge in [0.2, 0.25) is 5.13 Å². The second-order valence-electron chi connectivity index (χ2n) is 8.54. The third-order valence-electron chi connectivity index (χ3n) is 6.68. The van der Waals surface area contributed by atoms with Crippen molar-refractivity contribution in [3.8, 4) is 27.4 Å². The van der Waals surface area contributed by atoms with E-state index in [0.717, 1.165) is 29.2 Å². The zero-order valence-electron chi connectivity index (χ0n) is 17.3. The number of ether oxygens (including phenoxy) is 1. The largest absolute Gasteiger partial charge is 0.507 e. The van der Waals surface area contributed by atoms with Crippen molar-refractivity contribution in [2.45, 2.75) is 38.0 Å². The second kappa shape index (κ2) is 7.33. The molecule has 1 aliphatic carbocycles. The van der Waals surface area contributed by atoms with E-state index in [1.54, 1.807) is 25.6 Å². The van der Waals surface area contributed by atoms with Crippen molar-refractivity contribution in [3.05, 3.63) is 30.6 Å². The number of likely N-dealkylation sites (N-methyl/N-ethyl adjacent to an activating group) is 1. The van der Waals surface area contributed by atoms with E-state index in [0.29, 0.717) is 16.6 Å². The maximum atomic E-state index is 10.6. The van der Waals surface area contributed by atoms with Crippen molar-refractivity contribution >= 4 is 16.5 Å². The van der Waals surface area contributed by atoms with Gasteiger partial charge < -0.3 is 20.1 Å². The van der Waals surface area contributed by atoms with Crippen LogP contribution >= 0.6 is 11.3 Å². The van der Waals surface area contributed by atoms with Crippen LogP contribution in [-0.4, -0.2) is 64.4 Å². The van der Waals surface area contributed by atoms with Crippen LogP contribution in [0.2, 0.25) is 0 Å². The zero-order valence-corrected chi connectivity index (χ0v) is 18.1. The molecule has 30 heavy (non-hydrogen) atoms. The van der Waals surface area contributed by atoms with Crippen LogP contribution in [0.4, 0.5) is 5.13 Å². The summed E-state index contributed by atoms with van der Waals surface area (Å²) in [5, 5.41) is 31.4. The SMILES string of the molecule is COC1C2CC[C@](C)(CN2)[C@H]1N(C)c1nnc(-c2ccc(-c3cn[nH]c3)cc2O)s1.